The van der Waals surface area contributed by atoms with Gasteiger partial charge < -0.3 is 14.6 Å². The summed E-state index contributed by atoms with van der Waals surface area (Å²) in [6.07, 6.45) is 3.58. The van der Waals surface area contributed by atoms with E-state index in [9.17, 15) is 4.79 Å². The molecule has 0 saturated heterocycles. The minimum Gasteiger partial charge on any atom is -0.493 e. The summed E-state index contributed by atoms with van der Waals surface area (Å²) in [7, 11) is 0. The molecule has 0 unspecified atom stereocenters. The number of carbonyl (C=O) groups is 1. The van der Waals surface area contributed by atoms with Gasteiger partial charge in [0, 0.05) is 30.1 Å². The van der Waals surface area contributed by atoms with Crippen molar-refractivity contribution in [2.45, 2.75) is 46.1 Å². The highest BCUT2D eigenvalue weighted by Gasteiger charge is 2.11. The van der Waals surface area contributed by atoms with E-state index in [0.717, 1.165) is 54.8 Å². The molecule has 0 aliphatic carbocycles. The number of unbranched alkanes of at least 4 members (excludes halogenated alkanes) is 1. The molecule has 0 radical (unpaired) electrons. The minimum absolute atomic E-state index is 0.107. The fourth-order valence-electron chi connectivity index (χ4n) is 4.32. The molecule has 0 spiro atoms. The van der Waals surface area contributed by atoms with Crippen molar-refractivity contribution >= 4 is 28.5 Å². The van der Waals surface area contributed by atoms with Crippen LogP contribution < -0.4 is 10.1 Å². The Balaban J connectivity index is 1.30. The van der Waals surface area contributed by atoms with E-state index >= 15 is 0 Å². The number of hydrogen-bond donors (Lipinski definition) is 1. The molecule has 0 saturated carbocycles. The third-order valence-corrected chi connectivity index (χ3v) is 6.35. The third-order valence-electron chi connectivity index (χ3n) is 6.11. The van der Waals surface area contributed by atoms with E-state index in [1.54, 1.807) is 24.3 Å². The van der Waals surface area contributed by atoms with Crippen molar-refractivity contribution in [1.82, 2.24) is 14.9 Å². The smallest absolute Gasteiger partial charge is 0.251 e. The quantitative estimate of drug-likeness (QED) is 0.244. The van der Waals surface area contributed by atoms with Crippen molar-refractivity contribution < 1.29 is 9.53 Å². The Morgan fingerprint density at radius 1 is 0.971 bits per heavy atom. The molecule has 0 atom stereocenters. The van der Waals surface area contributed by atoms with E-state index in [2.05, 4.69) is 60.1 Å². The zero-order valence-electron chi connectivity index (χ0n) is 20.4. The van der Waals surface area contributed by atoms with Gasteiger partial charge in [-0.3, -0.25) is 4.79 Å². The number of amides is 1. The zero-order valence-corrected chi connectivity index (χ0v) is 21.1. The summed E-state index contributed by atoms with van der Waals surface area (Å²) >= 11 is 5.99. The molecule has 5 nitrogen and oxygen atoms in total. The number of nitrogens with zero attached hydrogens (tertiary/aromatic N) is 2. The SMILES string of the molecule is Cc1cccc(C)c1OCCCCn1c(CCCNC(=O)c2cccc(Cl)c2)nc2ccccc21. The topological polar surface area (TPSA) is 56.1 Å². The number of imidazole rings is 1. The molecular formula is C29H32ClN3O2. The van der Waals surface area contributed by atoms with Gasteiger partial charge in [-0.1, -0.05) is 48.0 Å². The Hall–Kier alpha value is -3.31. The Bertz CT molecular complexity index is 1280. The molecule has 3 aromatic carbocycles. The summed E-state index contributed by atoms with van der Waals surface area (Å²) in [6.45, 7) is 6.34. The number of ether oxygens (including phenoxy) is 1. The van der Waals surface area contributed by atoms with Crippen LogP contribution in [0.15, 0.2) is 66.7 Å². The van der Waals surface area contributed by atoms with E-state index in [0.29, 0.717) is 23.7 Å². The second kappa shape index (κ2) is 11.9. The predicted octanol–water partition coefficient (Wildman–Crippen LogP) is 6.53. The van der Waals surface area contributed by atoms with Gasteiger partial charge in [-0.25, -0.2) is 4.98 Å². The Morgan fingerprint density at radius 2 is 1.74 bits per heavy atom. The fourth-order valence-corrected chi connectivity index (χ4v) is 4.51. The molecule has 0 aliphatic heterocycles. The van der Waals surface area contributed by atoms with Crippen molar-refractivity contribution in [2.75, 3.05) is 13.2 Å². The van der Waals surface area contributed by atoms with Crippen molar-refractivity contribution in [3.63, 3.8) is 0 Å². The van der Waals surface area contributed by atoms with E-state index in [4.69, 9.17) is 21.3 Å². The Labute approximate surface area is 212 Å². The lowest BCUT2D eigenvalue weighted by Crippen LogP contribution is -2.25. The number of hydrogen-bond acceptors (Lipinski definition) is 3. The van der Waals surface area contributed by atoms with E-state index in [1.165, 1.54) is 11.1 Å². The van der Waals surface area contributed by atoms with Crippen LogP contribution in [0.25, 0.3) is 11.0 Å². The normalized spacial score (nSPS) is 11.1. The van der Waals surface area contributed by atoms with E-state index < -0.39 is 0 Å². The fraction of sp³-hybridized carbons (Fsp3) is 0.310. The molecule has 0 aliphatic rings. The van der Waals surface area contributed by atoms with Gasteiger partial charge in [0.25, 0.3) is 5.91 Å². The van der Waals surface area contributed by atoms with E-state index in [-0.39, 0.29) is 5.91 Å². The van der Waals surface area contributed by atoms with Gasteiger partial charge in [0.05, 0.1) is 17.6 Å². The third kappa shape index (κ3) is 6.43. The molecule has 1 aromatic heterocycles. The van der Waals surface area contributed by atoms with Crippen LogP contribution in [0.1, 0.15) is 46.6 Å². The largest absolute Gasteiger partial charge is 0.493 e. The van der Waals surface area contributed by atoms with Crippen LogP contribution >= 0.6 is 11.6 Å². The summed E-state index contributed by atoms with van der Waals surface area (Å²) in [5.74, 6) is 1.95. The Morgan fingerprint density at radius 3 is 2.54 bits per heavy atom. The predicted molar refractivity (Wildman–Crippen MR) is 142 cm³/mol. The number of benzene rings is 3. The van der Waals surface area contributed by atoms with Gasteiger partial charge in [-0.15, -0.1) is 0 Å². The van der Waals surface area contributed by atoms with Crippen LogP contribution in [0.4, 0.5) is 0 Å². The monoisotopic (exact) mass is 489 g/mol. The second-order valence-electron chi connectivity index (χ2n) is 8.81. The number of aryl methyl sites for hydroxylation is 4. The molecule has 0 bridgehead atoms. The maximum absolute atomic E-state index is 12.4. The van der Waals surface area contributed by atoms with Crippen LogP contribution in [0, 0.1) is 13.8 Å². The Kier molecular flexibility index (Phi) is 8.43. The molecule has 6 heteroatoms. The lowest BCUT2D eigenvalue weighted by atomic mass is 10.1. The van der Waals surface area contributed by atoms with Gasteiger partial charge >= 0.3 is 0 Å². The number of rotatable bonds is 11. The molecule has 35 heavy (non-hydrogen) atoms. The molecule has 4 aromatic rings. The van der Waals surface area contributed by atoms with Gasteiger partial charge in [0.1, 0.15) is 11.6 Å². The molecule has 0 fully saturated rings. The van der Waals surface area contributed by atoms with E-state index in [1.807, 2.05) is 6.07 Å². The number of halogens is 1. The number of fused-ring (bicyclic) bond motifs is 1. The van der Waals surface area contributed by atoms with Crippen LogP contribution in [0.2, 0.25) is 5.02 Å². The minimum atomic E-state index is -0.107. The van der Waals surface area contributed by atoms with Gasteiger partial charge in [-0.2, -0.15) is 0 Å². The summed E-state index contributed by atoms with van der Waals surface area (Å²) in [5.41, 5.74) is 5.09. The molecule has 4 rings (SSSR count). The van der Waals surface area contributed by atoms with Gasteiger partial charge in [0.15, 0.2) is 0 Å². The van der Waals surface area contributed by atoms with Crippen LogP contribution in [-0.2, 0) is 13.0 Å². The van der Waals surface area contributed by atoms with Crippen LogP contribution in [-0.4, -0.2) is 28.6 Å². The molecular weight excluding hydrogens is 458 g/mol. The number of aromatic nitrogens is 2. The number of para-hydroxylation sites is 3. The molecule has 1 N–H and O–H groups in total. The highest BCUT2D eigenvalue weighted by atomic mass is 35.5. The van der Waals surface area contributed by atoms with Gasteiger partial charge in [-0.05, 0) is 74.6 Å². The van der Waals surface area contributed by atoms with Crippen molar-refractivity contribution in [1.29, 1.82) is 0 Å². The maximum Gasteiger partial charge on any atom is 0.251 e. The summed E-state index contributed by atoms with van der Waals surface area (Å²) < 4.78 is 8.39. The average molecular weight is 490 g/mol. The van der Waals surface area contributed by atoms with Crippen molar-refractivity contribution in [2.24, 2.45) is 0 Å². The maximum atomic E-state index is 12.4. The number of nitrogens with one attached hydrogen (secondary N) is 1. The molecule has 1 heterocycles. The first-order valence-electron chi connectivity index (χ1n) is 12.2. The first-order valence-corrected chi connectivity index (χ1v) is 12.6. The second-order valence-corrected chi connectivity index (χ2v) is 9.25. The van der Waals surface area contributed by atoms with Gasteiger partial charge in [0.2, 0.25) is 0 Å². The molecule has 1 amide bonds. The van der Waals surface area contributed by atoms with Crippen LogP contribution in [0.5, 0.6) is 5.75 Å². The lowest BCUT2D eigenvalue weighted by Gasteiger charge is -2.13. The first-order chi connectivity index (χ1) is 17.0. The highest BCUT2D eigenvalue weighted by molar-refractivity contribution is 6.30. The standard InChI is InChI=1S/C29H32ClN3O2/c1-21-10-7-11-22(2)28(21)35-19-6-5-18-33-26-15-4-3-14-25(26)32-27(33)16-9-17-31-29(34)23-12-8-13-24(30)20-23/h3-4,7-8,10-15,20H,5-6,9,16-19H2,1-2H3,(H,31,34). The molecule has 182 valence electrons. The number of carbonyl (C=O) groups excluding carboxylic acids is 1. The highest BCUT2D eigenvalue weighted by Crippen LogP contribution is 2.23. The lowest BCUT2D eigenvalue weighted by molar-refractivity contribution is 0.0953. The summed E-state index contributed by atoms with van der Waals surface area (Å²) in [4.78, 5) is 17.2. The van der Waals surface area contributed by atoms with Crippen molar-refractivity contribution in [3.05, 3.63) is 94.3 Å². The van der Waals surface area contributed by atoms with Crippen molar-refractivity contribution in [3.8, 4) is 5.75 Å². The first kappa shape index (κ1) is 24.8. The zero-order chi connectivity index (χ0) is 24.6. The van der Waals surface area contributed by atoms with Crippen LogP contribution in [0.3, 0.4) is 0 Å². The average Bonchev–Trinajstić information content (AvgIpc) is 3.20. The summed E-state index contributed by atoms with van der Waals surface area (Å²) in [6, 6.07) is 21.5. The summed E-state index contributed by atoms with van der Waals surface area (Å²) in [5, 5.41) is 3.54.